The molecule has 2 atom stereocenters. The highest BCUT2D eigenvalue weighted by atomic mass is 19.4. The molecule has 1 aliphatic rings. The van der Waals surface area contributed by atoms with Gasteiger partial charge in [0.1, 0.15) is 12.6 Å². The molecule has 1 heterocycles. The zero-order valence-electron chi connectivity index (χ0n) is 14.0. The summed E-state index contributed by atoms with van der Waals surface area (Å²) in [7, 11) is 0. The Bertz CT molecular complexity index is 605. The predicted molar refractivity (Wildman–Crippen MR) is 84.6 cm³/mol. The van der Waals surface area contributed by atoms with Crippen molar-refractivity contribution in [3.05, 3.63) is 35.9 Å². The first-order chi connectivity index (χ1) is 11.7. The van der Waals surface area contributed by atoms with E-state index in [1.807, 2.05) is 0 Å². The molecule has 138 valence electrons. The fraction of sp³-hybridized carbons (Fsp3) is 0.529. The van der Waals surface area contributed by atoms with Crippen LogP contribution in [-0.4, -0.2) is 41.8 Å². The van der Waals surface area contributed by atoms with Crippen molar-refractivity contribution < 1.29 is 27.5 Å². The highest BCUT2D eigenvalue weighted by Gasteiger charge is 2.45. The average molecular weight is 358 g/mol. The lowest BCUT2D eigenvalue weighted by molar-refractivity contribution is -0.164. The van der Waals surface area contributed by atoms with E-state index >= 15 is 0 Å². The van der Waals surface area contributed by atoms with Crippen LogP contribution in [0, 0.1) is 5.92 Å². The van der Waals surface area contributed by atoms with E-state index < -0.39 is 36.7 Å². The molecule has 2 amide bonds. The van der Waals surface area contributed by atoms with E-state index in [1.165, 1.54) is 0 Å². The molecule has 0 saturated carbocycles. The highest BCUT2D eigenvalue weighted by molar-refractivity contribution is 5.93. The monoisotopic (exact) mass is 358 g/mol. The van der Waals surface area contributed by atoms with E-state index in [-0.39, 0.29) is 19.1 Å². The van der Waals surface area contributed by atoms with Gasteiger partial charge in [0.25, 0.3) is 0 Å². The number of hydrogen-bond donors (Lipinski definition) is 1. The summed E-state index contributed by atoms with van der Waals surface area (Å²) in [5.74, 6) is -0.985. The van der Waals surface area contributed by atoms with Gasteiger partial charge in [-0.2, -0.15) is 13.2 Å². The van der Waals surface area contributed by atoms with Gasteiger partial charge in [-0.05, 0) is 11.5 Å². The molecule has 25 heavy (non-hydrogen) atoms. The first-order valence-electron chi connectivity index (χ1n) is 8.03. The van der Waals surface area contributed by atoms with Gasteiger partial charge in [-0.1, -0.05) is 44.2 Å². The number of hydrogen-bond acceptors (Lipinski definition) is 4. The summed E-state index contributed by atoms with van der Waals surface area (Å²) in [6.45, 7) is 3.54. The minimum atomic E-state index is -4.61. The Hall–Kier alpha value is -2.09. The Morgan fingerprint density at radius 3 is 2.52 bits per heavy atom. The molecule has 5 nitrogen and oxygen atoms in total. The van der Waals surface area contributed by atoms with Gasteiger partial charge in [0.05, 0.1) is 12.5 Å². The maximum atomic E-state index is 13.3. The quantitative estimate of drug-likeness (QED) is 0.849. The van der Waals surface area contributed by atoms with Crippen LogP contribution < -0.4 is 5.32 Å². The second kappa shape index (κ2) is 7.86. The van der Waals surface area contributed by atoms with Gasteiger partial charge in [0, 0.05) is 6.54 Å². The number of carbonyl (C=O) groups excluding carboxylic acids is 2. The molecule has 0 aliphatic carbocycles. The number of nitrogens with one attached hydrogen (secondary N) is 1. The second-order valence-electron chi connectivity index (χ2n) is 6.32. The van der Waals surface area contributed by atoms with Crippen molar-refractivity contribution in [2.24, 2.45) is 5.92 Å². The lowest BCUT2D eigenvalue weighted by atomic mass is 10.0. The summed E-state index contributed by atoms with van der Waals surface area (Å²) in [6.07, 6.45) is -6.34. The number of rotatable bonds is 6. The Kier molecular flexibility index (Phi) is 6.05. The second-order valence-corrected chi connectivity index (χ2v) is 6.32. The van der Waals surface area contributed by atoms with Crippen LogP contribution in [0.3, 0.4) is 0 Å². The number of amides is 2. The van der Waals surface area contributed by atoms with Crippen LogP contribution in [0.4, 0.5) is 18.0 Å². The Balaban J connectivity index is 2.06. The van der Waals surface area contributed by atoms with E-state index in [9.17, 15) is 22.8 Å². The lowest BCUT2D eigenvalue weighted by Gasteiger charge is -2.26. The first-order valence-corrected chi connectivity index (χ1v) is 8.03. The Morgan fingerprint density at radius 1 is 1.32 bits per heavy atom. The number of imide groups is 1. The van der Waals surface area contributed by atoms with Crippen LogP contribution in [0.15, 0.2) is 30.3 Å². The number of ether oxygens (including phenoxy) is 1. The van der Waals surface area contributed by atoms with E-state index in [0.717, 1.165) is 4.90 Å². The largest absolute Gasteiger partial charge is 0.447 e. The fourth-order valence-corrected chi connectivity index (χ4v) is 2.63. The van der Waals surface area contributed by atoms with Crippen LogP contribution in [-0.2, 0) is 16.1 Å². The zero-order chi connectivity index (χ0) is 18.6. The summed E-state index contributed by atoms with van der Waals surface area (Å²) in [5.41, 5.74) is 0.671. The van der Waals surface area contributed by atoms with Gasteiger partial charge in [-0.3, -0.25) is 4.79 Å². The van der Waals surface area contributed by atoms with Crippen molar-refractivity contribution in [2.75, 3.05) is 6.61 Å². The lowest BCUT2D eigenvalue weighted by Crippen LogP contribution is -2.49. The van der Waals surface area contributed by atoms with Gasteiger partial charge in [-0.25, -0.2) is 9.69 Å². The van der Waals surface area contributed by atoms with Crippen LogP contribution in [0.5, 0.6) is 0 Å². The fourth-order valence-electron chi connectivity index (χ4n) is 2.63. The summed E-state index contributed by atoms with van der Waals surface area (Å²) < 4.78 is 44.6. The number of cyclic esters (lactones) is 1. The standard InChI is InChI=1S/C17H21F3N2O3/c1-11(2)13-10-25-16(24)22(13)15(23)8-14(17(18,19)20)21-9-12-6-4-3-5-7-12/h3-7,11,13-14,21H,8-10H2,1-2H3/t13-,14+/m1/s1. The molecule has 0 unspecified atom stereocenters. The molecule has 1 fully saturated rings. The summed E-state index contributed by atoms with van der Waals surface area (Å²) >= 11 is 0. The van der Waals surface area contributed by atoms with Gasteiger partial charge < -0.3 is 10.1 Å². The first kappa shape index (κ1) is 19.2. The number of carbonyl (C=O) groups is 2. The number of benzene rings is 1. The molecule has 8 heteroatoms. The van der Waals surface area contributed by atoms with Crippen LogP contribution >= 0.6 is 0 Å². The molecule has 1 aromatic rings. The molecule has 1 aliphatic heterocycles. The Morgan fingerprint density at radius 2 is 1.96 bits per heavy atom. The molecule has 1 N–H and O–H groups in total. The highest BCUT2D eigenvalue weighted by Crippen LogP contribution is 2.26. The van der Waals surface area contributed by atoms with E-state index in [1.54, 1.807) is 44.2 Å². The molecular formula is C17H21F3N2O3. The van der Waals surface area contributed by atoms with Crippen LogP contribution in [0.1, 0.15) is 25.8 Å². The molecule has 2 rings (SSSR count). The summed E-state index contributed by atoms with van der Waals surface area (Å²) in [4.78, 5) is 24.9. The maximum Gasteiger partial charge on any atom is 0.416 e. The molecule has 0 spiro atoms. The van der Waals surface area contributed by atoms with Crippen molar-refractivity contribution in [3.8, 4) is 0 Å². The minimum Gasteiger partial charge on any atom is -0.447 e. The minimum absolute atomic E-state index is 0.0103. The Labute approximate surface area is 144 Å². The van der Waals surface area contributed by atoms with Gasteiger partial charge in [0.15, 0.2) is 0 Å². The third kappa shape index (κ3) is 4.94. The molecule has 0 aromatic heterocycles. The zero-order valence-corrected chi connectivity index (χ0v) is 14.0. The van der Waals surface area contributed by atoms with Gasteiger partial charge in [0.2, 0.25) is 5.91 Å². The van der Waals surface area contributed by atoms with Crippen LogP contribution in [0.25, 0.3) is 0 Å². The van der Waals surface area contributed by atoms with Crippen molar-refractivity contribution in [1.82, 2.24) is 10.2 Å². The average Bonchev–Trinajstić information content (AvgIpc) is 2.93. The number of halogens is 3. The van der Waals surface area contributed by atoms with Crippen molar-refractivity contribution in [3.63, 3.8) is 0 Å². The molecule has 0 radical (unpaired) electrons. The number of alkyl halides is 3. The molecular weight excluding hydrogens is 337 g/mol. The molecule has 1 aromatic carbocycles. The predicted octanol–water partition coefficient (Wildman–Crippen LogP) is 3.10. The van der Waals surface area contributed by atoms with Crippen molar-refractivity contribution in [1.29, 1.82) is 0 Å². The SMILES string of the molecule is CC(C)[C@H]1COC(=O)N1C(=O)C[C@H](NCc1ccccc1)C(F)(F)F. The third-order valence-electron chi connectivity index (χ3n) is 4.11. The van der Waals surface area contributed by atoms with Crippen molar-refractivity contribution >= 4 is 12.0 Å². The van der Waals surface area contributed by atoms with Crippen LogP contribution in [0.2, 0.25) is 0 Å². The number of nitrogens with zero attached hydrogens (tertiary/aromatic N) is 1. The summed E-state index contributed by atoms with van der Waals surface area (Å²) in [5, 5.41) is 2.36. The van der Waals surface area contributed by atoms with Crippen molar-refractivity contribution in [2.45, 2.75) is 45.1 Å². The molecule has 0 bridgehead atoms. The normalized spacial score (nSPS) is 19.2. The van der Waals surface area contributed by atoms with Gasteiger partial charge >= 0.3 is 12.3 Å². The van der Waals surface area contributed by atoms with E-state index in [0.29, 0.717) is 5.56 Å². The summed E-state index contributed by atoms with van der Waals surface area (Å²) in [6, 6.07) is 6.00. The van der Waals surface area contributed by atoms with E-state index in [2.05, 4.69) is 5.32 Å². The molecule has 1 saturated heterocycles. The third-order valence-corrected chi connectivity index (χ3v) is 4.11. The van der Waals surface area contributed by atoms with Gasteiger partial charge in [-0.15, -0.1) is 0 Å². The van der Waals surface area contributed by atoms with E-state index in [4.69, 9.17) is 4.74 Å². The smallest absolute Gasteiger partial charge is 0.416 e. The maximum absolute atomic E-state index is 13.3. The topological polar surface area (TPSA) is 58.6 Å².